The molecule has 1 heterocycles. The quantitative estimate of drug-likeness (QED) is 0.927. The van der Waals surface area contributed by atoms with E-state index in [9.17, 15) is 0 Å². The summed E-state index contributed by atoms with van der Waals surface area (Å²) in [5, 5.41) is 9.05. The van der Waals surface area contributed by atoms with E-state index >= 15 is 0 Å². The van der Waals surface area contributed by atoms with E-state index in [1.54, 1.807) is 0 Å². The van der Waals surface area contributed by atoms with Gasteiger partial charge in [-0.15, -0.1) is 0 Å². The molecule has 1 aliphatic rings. The fourth-order valence-corrected chi connectivity index (χ4v) is 2.80. The van der Waals surface area contributed by atoms with E-state index in [4.69, 9.17) is 14.6 Å². The van der Waals surface area contributed by atoms with Gasteiger partial charge >= 0.3 is 0 Å². The van der Waals surface area contributed by atoms with Crippen molar-refractivity contribution in [1.82, 2.24) is 0 Å². The van der Waals surface area contributed by atoms with E-state index in [0.29, 0.717) is 19.6 Å². The number of aliphatic hydroxyl groups is 1. The Balaban J connectivity index is 2.50. The van der Waals surface area contributed by atoms with Crippen molar-refractivity contribution in [3.8, 4) is 11.5 Å². The summed E-state index contributed by atoms with van der Waals surface area (Å²) in [5.41, 5.74) is 2.32. The van der Waals surface area contributed by atoms with Crippen molar-refractivity contribution >= 4 is 15.9 Å². The molecule has 0 unspecified atom stereocenters. The fraction of sp³-hybridized carbons (Fsp3) is 0.500. The molecule has 3 nitrogen and oxygen atoms in total. The Hall–Kier alpha value is -0.740. The van der Waals surface area contributed by atoms with Gasteiger partial charge in [-0.2, -0.15) is 0 Å². The minimum atomic E-state index is 0.152. The topological polar surface area (TPSA) is 38.7 Å². The van der Waals surface area contributed by atoms with Gasteiger partial charge < -0.3 is 14.6 Å². The molecule has 1 aromatic carbocycles. The largest absolute Gasteiger partial charge is 0.486 e. The van der Waals surface area contributed by atoms with Crippen LogP contribution in [0, 0.1) is 0 Å². The zero-order valence-corrected chi connectivity index (χ0v) is 10.8. The Morgan fingerprint density at radius 1 is 1.38 bits per heavy atom. The van der Waals surface area contributed by atoms with Crippen LogP contribution in [0.2, 0.25) is 0 Å². The highest BCUT2D eigenvalue weighted by Gasteiger charge is 2.20. The molecule has 1 aliphatic heterocycles. The first kappa shape index (κ1) is 11.7. The third kappa shape index (κ3) is 2.04. The van der Waals surface area contributed by atoms with Crippen molar-refractivity contribution in [1.29, 1.82) is 0 Å². The van der Waals surface area contributed by atoms with Crippen molar-refractivity contribution < 1.29 is 14.6 Å². The van der Waals surface area contributed by atoms with E-state index in [-0.39, 0.29) is 6.61 Å². The van der Waals surface area contributed by atoms with Gasteiger partial charge in [0.15, 0.2) is 11.5 Å². The Bertz CT molecular complexity index is 390. The Labute approximate surface area is 104 Å². The molecule has 1 N–H and O–H groups in total. The maximum Gasteiger partial charge on any atom is 0.175 e. The third-order valence-corrected chi connectivity index (χ3v) is 3.54. The molecule has 0 spiro atoms. The predicted octanol–water partition coefficient (Wildman–Crippen LogP) is 2.32. The summed E-state index contributed by atoms with van der Waals surface area (Å²) in [6, 6.07) is 1.98. The molecule has 0 saturated heterocycles. The number of hydrogen-bond donors (Lipinski definition) is 1. The van der Waals surface area contributed by atoms with Gasteiger partial charge in [0.05, 0.1) is 4.47 Å². The van der Waals surface area contributed by atoms with Gasteiger partial charge in [-0.25, -0.2) is 0 Å². The van der Waals surface area contributed by atoms with Gasteiger partial charge in [0.2, 0.25) is 0 Å². The second kappa shape index (κ2) is 5.06. The van der Waals surface area contributed by atoms with Crippen LogP contribution in [0.3, 0.4) is 0 Å². The third-order valence-electron chi connectivity index (χ3n) is 2.70. The first-order valence-corrected chi connectivity index (χ1v) is 6.28. The number of rotatable bonds is 3. The fourth-order valence-electron chi connectivity index (χ4n) is 1.96. The van der Waals surface area contributed by atoms with Crippen molar-refractivity contribution in [2.24, 2.45) is 0 Å². The lowest BCUT2D eigenvalue weighted by Crippen LogP contribution is -2.17. The van der Waals surface area contributed by atoms with E-state index in [1.807, 2.05) is 6.07 Å². The number of ether oxygens (including phenoxy) is 2. The van der Waals surface area contributed by atoms with Crippen molar-refractivity contribution in [2.75, 3.05) is 19.8 Å². The van der Waals surface area contributed by atoms with Gasteiger partial charge in [0, 0.05) is 6.61 Å². The van der Waals surface area contributed by atoms with Crippen LogP contribution in [0.1, 0.15) is 18.1 Å². The van der Waals surface area contributed by atoms with E-state index in [1.165, 1.54) is 5.56 Å². The van der Waals surface area contributed by atoms with Gasteiger partial charge in [0.1, 0.15) is 13.2 Å². The molecular formula is C12H15BrO3. The van der Waals surface area contributed by atoms with Gasteiger partial charge in [-0.05, 0) is 46.0 Å². The first-order valence-electron chi connectivity index (χ1n) is 5.48. The zero-order valence-electron chi connectivity index (χ0n) is 9.25. The van der Waals surface area contributed by atoms with E-state index in [2.05, 4.69) is 22.9 Å². The lowest BCUT2D eigenvalue weighted by molar-refractivity contribution is 0.170. The zero-order chi connectivity index (χ0) is 11.5. The van der Waals surface area contributed by atoms with Crippen LogP contribution in [-0.2, 0) is 12.8 Å². The van der Waals surface area contributed by atoms with Crippen molar-refractivity contribution in [2.45, 2.75) is 19.8 Å². The lowest BCUT2D eigenvalue weighted by Gasteiger charge is -2.22. The molecule has 0 fully saturated rings. The van der Waals surface area contributed by atoms with Gasteiger partial charge in [0.25, 0.3) is 0 Å². The van der Waals surface area contributed by atoms with Crippen LogP contribution >= 0.6 is 15.9 Å². The van der Waals surface area contributed by atoms with Crippen LogP contribution in [-0.4, -0.2) is 24.9 Å². The molecule has 0 aromatic heterocycles. The highest BCUT2D eigenvalue weighted by Crippen LogP contribution is 2.41. The highest BCUT2D eigenvalue weighted by molar-refractivity contribution is 9.10. The Kier molecular flexibility index (Phi) is 3.71. The predicted molar refractivity (Wildman–Crippen MR) is 65.3 cm³/mol. The normalized spacial score (nSPS) is 13.9. The molecule has 4 heteroatoms. The first-order chi connectivity index (χ1) is 7.77. The molecule has 88 valence electrons. The molecule has 1 aromatic rings. The second-order valence-corrected chi connectivity index (χ2v) is 4.47. The molecule has 0 atom stereocenters. The molecule has 0 radical (unpaired) electrons. The van der Waals surface area contributed by atoms with Crippen LogP contribution in [0.15, 0.2) is 10.5 Å². The molecule has 0 saturated carbocycles. The van der Waals surface area contributed by atoms with Crippen LogP contribution in [0.5, 0.6) is 11.5 Å². The van der Waals surface area contributed by atoms with Gasteiger partial charge in [-0.3, -0.25) is 0 Å². The molecule has 0 aliphatic carbocycles. The standard InChI is InChI=1S/C12H15BrO3/c1-2-9-8(3-4-14)7-10-12(11(9)13)16-6-5-15-10/h7,14H,2-6H2,1H3. The van der Waals surface area contributed by atoms with Crippen LogP contribution in [0.4, 0.5) is 0 Å². The van der Waals surface area contributed by atoms with Gasteiger partial charge in [-0.1, -0.05) is 6.92 Å². The second-order valence-electron chi connectivity index (χ2n) is 3.68. The summed E-state index contributed by atoms with van der Waals surface area (Å²) in [4.78, 5) is 0. The number of aliphatic hydroxyl groups excluding tert-OH is 1. The van der Waals surface area contributed by atoms with Crippen molar-refractivity contribution in [3.63, 3.8) is 0 Å². The maximum absolute atomic E-state index is 9.05. The summed E-state index contributed by atoms with van der Waals surface area (Å²) >= 11 is 3.56. The molecule has 0 bridgehead atoms. The monoisotopic (exact) mass is 286 g/mol. The van der Waals surface area contributed by atoms with E-state index < -0.39 is 0 Å². The Morgan fingerprint density at radius 3 is 2.81 bits per heavy atom. The molecule has 16 heavy (non-hydrogen) atoms. The average molecular weight is 287 g/mol. The lowest BCUT2D eigenvalue weighted by atomic mass is 10.0. The van der Waals surface area contributed by atoms with E-state index in [0.717, 1.165) is 28.0 Å². The van der Waals surface area contributed by atoms with Crippen LogP contribution < -0.4 is 9.47 Å². The summed E-state index contributed by atoms with van der Waals surface area (Å²) in [6.07, 6.45) is 1.56. The Morgan fingerprint density at radius 2 is 2.12 bits per heavy atom. The summed E-state index contributed by atoms with van der Waals surface area (Å²) in [7, 11) is 0. The minimum absolute atomic E-state index is 0.152. The van der Waals surface area contributed by atoms with Crippen LogP contribution in [0.25, 0.3) is 0 Å². The highest BCUT2D eigenvalue weighted by atomic mass is 79.9. The molecular weight excluding hydrogens is 272 g/mol. The molecule has 0 amide bonds. The number of halogens is 1. The average Bonchev–Trinajstić information content (AvgIpc) is 2.30. The maximum atomic E-state index is 9.05. The molecule has 2 rings (SSSR count). The smallest absolute Gasteiger partial charge is 0.175 e. The number of fused-ring (bicyclic) bond motifs is 1. The summed E-state index contributed by atoms with van der Waals surface area (Å²) in [6.45, 7) is 3.42. The van der Waals surface area contributed by atoms with Crippen molar-refractivity contribution in [3.05, 3.63) is 21.7 Å². The minimum Gasteiger partial charge on any atom is -0.486 e. The number of benzene rings is 1. The summed E-state index contributed by atoms with van der Waals surface area (Å²) in [5.74, 6) is 1.57. The SMILES string of the molecule is CCc1c(CCO)cc2c(c1Br)OCCO2. The summed E-state index contributed by atoms with van der Waals surface area (Å²) < 4.78 is 12.1. The number of hydrogen-bond acceptors (Lipinski definition) is 3.